The van der Waals surface area contributed by atoms with Gasteiger partial charge in [0.15, 0.2) is 0 Å². The SMILES string of the molecule is Brc1ccc(/C=C2\CC2CNCc2ccccc2)cc1. The molecule has 1 atom stereocenters. The van der Waals surface area contributed by atoms with Gasteiger partial charge < -0.3 is 5.32 Å². The Labute approximate surface area is 128 Å². The molecule has 0 saturated heterocycles. The summed E-state index contributed by atoms with van der Waals surface area (Å²) in [6.07, 6.45) is 3.55. The lowest BCUT2D eigenvalue weighted by atomic mass is 10.2. The molecule has 3 rings (SSSR count). The van der Waals surface area contributed by atoms with E-state index in [0.717, 1.165) is 23.5 Å². The van der Waals surface area contributed by atoms with Crippen molar-refractivity contribution in [3.05, 3.63) is 75.8 Å². The third-order valence-electron chi connectivity index (χ3n) is 3.63. The Bertz CT molecular complexity index is 587. The summed E-state index contributed by atoms with van der Waals surface area (Å²) in [5, 5.41) is 3.54. The largest absolute Gasteiger partial charge is 0.312 e. The van der Waals surface area contributed by atoms with Crippen molar-refractivity contribution in [3.8, 4) is 0 Å². The predicted molar refractivity (Wildman–Crippen MR) is 88.4 cm³/mol. The number of rotatable bonds is 5. The van der Waals surface area contributed by atoms with Gasteiger partial charge >= 0.3 is 0 Å². The highest BCUT2D eigenvalue weighted by Crippen LogP contribution is 2.38. The molecule has 1 nitrogen and oxygen atoms in total. The first-order valence-corrected chi connectivity index (χ1v) is 7.81. The lowest BCUT2D eigenvalue weighted by Crippen LogP contribution is -2.16. The Hall–Kier alpha value is -1.38. The molecule has 1 saturated carbocycles. The second-order valence-corrected chi connectivity index (χ2v) is 6.20. The minimum atomic E-state index is 0.724. The Morgan fingerprint density at radius 1 is 1.05 bits per heavy atom. The van der Waals surface area contributed by atoms with E-state index >= 15 is 0 Å². The van der Waals surface area contributed by atoms with E-state index in [1.165, 1.54) is 17.5 Å². The maximum atomic E-state index is 3.54. The van der Waals surface area contributed by atoms with E-state index in [1.807, 2.05) is 0 Å². The van der Waals surface area contributed by atoms with Gasteiger partial charge in [-0.25, -0.2) is 0 Å². The van der Waals surface area contributed by atoms with Crippen molar-refractivity contribution in [2.45, 2.75) is 13.0 Å². The van der Waals surface area contributed by atoms with Crippen LogP contribution in [0.3, 0.4) is 0 Å². The molecule has 102 valence electrons. The van der Waals surface area contributed by atoms with E-state index in [9.17, 15) is 0 Å². The molecule has 0 spiro atoms. The van der Waals surface area contributed by atoms with Gasteiger partial charge in [-0.15, -0.1) is 0 Å². The van der Waals surface area contributed by atoms with Crippen LogP contribution in [0.1, 0.15) is 17.5 Å². The van der Waals surface area contributed by atoms with E-state index in [0.29, 0.717) is 0 Å². The molecule has 1 aliphatic rings. The Kier molecular flexibility index (Phi) is 4.34. The highest BCUT2D eigenvalue weighted by atomic mass is 79.9. The first-order valence-electron chi connectivity index (χ1n) is 7.02. The van der Waals surface area contributed by atoms with Crippen LogP contribution in [-0.4, -0.2) is 6.54 Å². The van der Waals surface area contributed by atoms with Crippen LogP contribution < -0.4 is 5.32 Å². The molecule has 2 heteroatoms. The average Bonchev–Trinajstić information content (AvgIpc) is 3.21. The molecule has 2 aromatic rings. The van der Waals surface area contributed by atoms with Crippen molar-refractivity contribution < 1.29 is 0 Å². The summed E-state index contributed by atoms with van der Waals surface area (Å²) in [4.78, 5) is 0. The van der Waals surface area contributed by atoms with Crippen LogP contribution in [0.25, 0.3) is 6.08 Å². The van der Waals surface area contributed by atoms with Gasteiger partial charge in [0.25, 0.3) is 0 Å². The summed E-state index contributed by atoms with van der Waals surface area (Å²) in [5.74, 6) is 0.724. The second kappa shape index (κ2) is 6.38. The van der Waals surface area contributed by atoms with Crippen molar-refractivity contribution in [2.75, 3.05) is 6.54 Å². The molecular weight excluding hydrogens is 310 g/mol. The van der Waals surface area contributed by atoms with Crippen LogP contribution in [0.15, 0.2) is 64.6 Å². The molecule has 2 aromatic carbocycles. The van der Waals surface area contributed by atoms with Crippen LogP contribution in [0.4, 0.5) is 0 Å². The molecule has 0 bridgehead atoms. The third kappa shape index (κ3) is 3.81. The van der Waals surface area contributed by atoms with Gasteiger partial charge in [-0.2, -0.15) is 0 Å². The Morgan fingerprint density at radius 2 is 1.80 bits per heavy atom. The van der Waals surface area contributed by atoms with E-state index in [1.54, 1.807) is 5.57 Å². The Morgan fingerprint density at radius 3 is 2.55 bits per heavy atom. The van der Waals surface area contributed by atoms with Crippen molar-refractivity contribution in [1.29, 1.82) is 0 Å². The summed E-state index contributed by atoms with van der Waals surface area (Å²) in [6.45, 7) is 2.04. The zero-order valence-electron chi connectivity index (χ0n) is 11.4. The van der Waals surface area contributed by atoms with Gasteiger partial charge in [-0.05, 0) is 35.6 Å². The monoisotopic (exact) mass is 327 g/mol. The molecule has 1 aliphatic carbocycles. The number of halogens is 1. The van der Waals surface area contributed by atoms with Gasteiger partial charge in [0.1, 0.15) is 0 Å². The minimum absolute atomic E-state index is 0.724. The molecule has 0 heterocycles. The van der Waals surface area contributed by atoms with E-state index in [4.69, 9.17) is 0 Å². The molecule has 1 unspecified atom stereocenters. The molecule has 1 N–H and O–H groups in total. The number of hydrogen-bond donors (Lipinski definition) is 1. The van der Waals surface area contributed by atoms with Gasteiger partial charge in [-0.3, -0.25) is 0 Å². The number of nitrogens with one attached hydrogen (secondary N) is 1. The summed E-state index contributed by atoms with van der Waals surface area (Å²) in [7, 11) is 0. The number of benzene rings is 2. The molecule has 20 heavy (non-hydrogen) atoms. The Balaban J connectivity index is 1.46. The van der Waals surface area contributed by atoms with Crippen LogP contribution in [0.5, 0.6) is 0 Å². The topological polar surface area (TPSA) is 12.0 Å². The van der Waals surface area contributed by atoms with Crippen molar-refractivity contribution in [1.82, 2.24) is 5.32 Å². The van der Waals surface area contributed by atoms with Crippen LogP contribution in [0, 0.1) is 5.92 Å². The van der Waals surface area contributed by atoms with Crippen molar-refractivity contribution >= 4 is 22.0 Å². The maximum absolute atomic E-state index is 3.54. The smallest absolute Gasteiger partial charge is 0.0205 e. The highest BCUT2D eigenvalue weighted by Gasteiger charge is 2.28. The molecular formula is C18H18BrN. The third-order valence-corrected chi connectivity index (χ3v) is 4.16. The fourth-order valence-corrected chi connectivity index (χ4v) is 2.63. The molecule has 1 fully saturated rings. The molecule has 0 amide bonds. The standard InChI is InChI=1S/C18H18BrN/c19-18-8-6-14(7-9-18)10-16-11-17(16)13-20-12-15-4-2-1-3-5-15/h1-10,17,20H,11-13H2/b16-10+. The van der Waals surface area contributed by atoms with Gasteiger partial charge in [0, 0.05) is 17.6 Å². The first kappa shape index (κ1) is 13.6. The second-order valence-electron chi connectivity index (χ2n) is 5.29. The van der Waals surface area contributed by atoms with E-state index in [-0.39, 0.29) is 0 Å². The summed E-state index contributed by atoms with van der Waals surface area (Å²) < 4.78 is 1.14. The van der Waals surface area contributed by atoms with Crippen LogP contribution in [0.2, 0.25) is 0 Å². The van der Waals surface area contributed by atoms with Crippen LogP contribution in [-0.2, 0) is 6.54 Å². The zero-order chi connectivity index (χ0) is 13.8. The first-order chi connectivity index (χ1) is 9.81. The number of hydrogen-bond acceptors (Lipinski definition) is 1. The summed E-state index contributed by atoms with van der Waals surface area (Å²) in [6, 6.07) is 19.1. The van der Waals surface area contributed by atoms with Crippen molar-refractivity contribution in [3.63, 3.8) is 0 Å². The summed E-state index contributed by atoms with van der Waals surface area (Å²) in [5.41, 5.74) is 4.22. The average molecular weight is 328 g/mol. The highest BCUT2D eigenvalue weighted by molar-refractivity contribution is 9.10. The van der Waals surface area contributed by atoms with E-state index < -0.39 is 0 Å². The van der Waals surface area contributed by atoms with Crippen LogP contribution >= 0.6 is 15.9 Å². The summed E-state index contributed by atoms with van der Waals surface area (Å²) >= 11 is 3.46. The normalized spacial score (nSPS) is 19.2. The fourth-order valence-electron chi connectivity index (χ4n) is 2.37. The van der Waals surface area contributed by atoms with E-state index in [2.05, 4.69) is 81.9 Å². The molecule has 0 aliphatic heterocycles. The molecule has 0 aromatic heterocycles. The lowest BCUT2D eigenvalue weighted by Gasteiger charge is -2.02. The predicted octanol–water partition coefficient (Wildman–Crippen LogP) is 4.64. The molecule has 0 radical (unpaired) electrons. The fraction of sp³-hybridized carbons (Fsp3) is 0.222. The maximum Gasteiger partial charge on any atom is 0.0205 e. The lowest BCUT2D eigenvalue weighted by molar-refractivity contribution is 0.650. The quantitative estimate of drug-likeness (QED) is 0.843. The van der Waals surface area contributed by atoms with Crippen molar-refractivity contribution in [2.24, 2.45) is 5.92 Å². The van der Waals surface area contributed by atoms with Gasteiger partial charge in [-0.1, -0.05) is 70.0 Å². The minimum Gasteiger partial charge on any atom is -0.312 e. The van der Waals surface area contributed by atoms with Gasteiger partial charge in [0.05, 0.1) is 0 Å². The van der Waals surface area contributed by atoms with Gasteiger partial charge in [0.2, 0.25) is 0 Å². The zero-order valence-corrected chi connectivity index (χ0v) is 12.9.